The first-order chi connectivity index (χ1) is 11.5. The summed E-state index contributed by atoms with van der Waals surface area (Å²) in [5.74, 6) is -0.155. The molecule has 7 heteroatoms. The number of hydrogen-bond acceptors (Lipinski definition) is 7. The van der Waals surface area contributed by atoms with Crippen LogP contribution in [0.5, 0.6) is 0 Å². The maximum Gasteiger partial charge on any atom is 0.305 e. The van der Waals surface area contributed by atoms with Crippen LogP contribution >= 0.6 is 12.0 Å². The van der Waals surface area contributed by atoms with E-state index in [-0.39, 0.29) is 11.4 Å². The molecule has 0 radical (unpaired) electrons. The van der Waals surface area contributed by atoms with E-state index in [0.29, 0.717) is 6.42 Å². The predicted molar refractivity (Wildman–Crippen MR) is 92.3 cm³/mol. The Bertz CT molecular complexity index is 619. The zero-order chi connectivity index (χ0) is 17.6. The van der Waals surface area contributed by atoms with E-state index in [1.807, 2.05) is 18.2 Å². The van der Waals surface area contributed by atoms with E-state index < -0.39 is 0 Å². The smallest absolute Gasteiger partial charge is 0.305 e. The molecule has 24 heavy (non-hydrogen) atoms. The van der Waals surface area contributed by atoms with Gasteiger partial charge in [-0.1, -0.05) is 24.8 Å². The number of fused-ring (bicyclic) bond motifs is 1. The number of aliphatic imine (C=N–C) groups is 1. The number of carbonyl (C=O) groups is 1. The fraction of sp³-hybridized carbons (Fsp3) is 0.529. The second-order valence-electron chi connectivity index (χ2n) is 6.07. The van der Waals surface area contributed by atoms with Gasteiger partial charge in [0, 0.05) is 22.4 Å². The van der Waals surface area contributed by atoms with Gasteiger partial charge in [-0.25, -0.2) is 5.26 Å². The average Bonchev–Trinajstić information content (AvgIpc) is 2.83. The van der Waals surface area contributed by atoms with E-state index in [4.69, 9.17) is 5.26 Å². The van der Waals surface area contributed by atoms with Crippen LogP contribution in [0.2, 0.25) is 0 Å². The molecule has 0 saturated heterocycles. The monoisotopic (exact) mass is 353 g/mol. The van der Waals surface area contributed by atoms with Crippen molar-refractivity contribution in [3.05, 3.63) is 23.8 Å². The van der Waals surface area contributed by atoms with Crippen molar-refractivity contribution >= 4 is 29.4 Å². The highest BCUT2D eigenvalue weighted by Gasteiger charge is 2.36. The number of unbranched alkanes of at least 4 members (excludes halogenated alkanes) is 2. The third-order valence-corrected chi connectivity index (χ3v) is 5.17. The Morgan fingerprint density at radius 3 is 2.83 bits per heavy atom. The van der Waals surface area contributed by atoms with Crippen LogP contribution in [0.4, 0.5) is 5.69 Å². The van der Waals surface area contributed by atoms with E-state index >= 15 is 0 Å². The molecule has 0 amide bonds. The summed E-state index contributed by atoms with van der Waals surface area (Å²) < 4.78 is 9.17. The lowest BCUT2D eigenvalue weighted by molar-refractivity contribution is -0.432. The van der Waals surface area contributed by atoms with E-state index in [1.165, 1.54) is 7.11 Å². The molecule has 1 aliphatic heterocycles. The number of methoxy groups -OCH3 is 1. The van der Waals surface area contributed by atoms with Gasteiger partial charge in [-0.15, -0.1) is 4.33 Å². The van der Waals surface area contributed by atoms with Gasteiger partial charge in [0.1, 0.15) is 0 Å². The summed E-state index contributed by atoms with van der Waals surface area (Å²) in [6, 6.07) is 5.85. The lowest BCUT2D eigenvalue weighted by Gasteiger charge is -2.26. The van der Waals surface area contributed by atoms with Crippen molar-refractivity contribution in [1.82, 2.24) is 0 Å². The summed E-state index contributed by atoms with van der Waals surface area (Å²) >= 11 is 0.952. The highest BCUT2D eigenvalue weighted by Crippen LogP contribution is 2.44. The van der Waals surface area contributed by atoms with Crippen LogP contribution in [0, 0.1) is 0 Å². The normalized spacial score (nSPS) is 19.1. The maximum atomic E-state index is 11.2. The van der Waals surface area contributed by atoms with Gasteiger partial charge >= 0.3 is 5.97 Å². The summed E-state index contributed by atoms with van der Waals surface area (Å²) in [4.78, 5) is 16.7. The van der Waals surface area contributed by atoms with E-state index in [1.54, 1.807) is 0 Å². The van der Waals surface area contributed by atoms with Crippen molar-refractivity contribution in [3.63, 3.8) is 0 Å². The Kier molecular flexibility index (Phi) is 6.79. The average molecular weight is 353 g/mol. The van der Waals surface area contributed by atoms with E-state index in [0.717, 1.165) is 59.6 Å². The van der Waals surface area contributed by atoms with Gasteiger partial charge in [0.2, 0.25) is 0 Å². The Morgan fingerprint density at radius 2 is 2.12 bits per heavy atom. The number of nitrogens with zero attached hydrogens (tertiary/aromatic N) is 1. The molecule has 0 saturated carbocycles. The minimum Gasteiger partial charge on any atom is -0.469 e. The zero-order valence-corrected chi connectivity index (χ0v) is 15.0. The van der Waals surface area contributed by atoms with Crippen LogP contribution in [0.3, 0.4) is 0 Å². The summed E-state index contributed by atoms with van der Waals surface area (Å²) in [7, 11) is 1.42. The third kappa shape index (κ3) is 4.36. The predicted octanol–water partition coefficient (Wildman–Crippen LogP) is 4.60. The van der Waals surface area contributed by atoms with Crippen molar-refractivity contribution in [2.45, 2.75) is 56.3 Å². The molecule has 1 aromatic carbocycles. The molecule has 1 unspecified atom stereocenters. The zero-order valence-electron chi connectivity index (χ0n) is 14.2. The summed E-state index contributed by atoms with van der Waals surface area (Å²) in [5.41, 5.74) is 3.09. The molecule has 1 heterocycles. The first-order valence-electron chi connectivity index (χ1n) is 7.93. The molecule has 1 aliphatic rings. The molecule has 0 aromatic heterocycles. The van der Waals surface area contributed by atoms with Crippen LogP contribution in [0.15, 0.2) is 28.1 Å². The number of carbonyl (C=O) groups excluding carboxylic acids is 1. The van der Waals surface area contributed by atoms with Gasteiger partial charge in [0.05, 0.1) is 24.8 Å². The van der Waals surface area contributed by atoms with Crippen LogP contribution in [0.1, 0.15) is 51.5 Å². The fourth-order valence-electron chi connectivity index (χ4n) is 3.00. The molecular formula is C17H23NO5S. The van der Waals surface area contributed by atoms with Gasteiger partial charge in [0.25, 0.3) is 0 Å². The highest BCUT2D eigenvalue weighted by molar-refractivity contribution is 7.94. The summed E-state index contributed by atoms with van der Waals surface area (Å²) in [6.07, 6.45) is 4.25. The van der Waals surface area contributed by atoms with Gasteiger partial charge < -0.3 is 4.74 Å². The molecule has 1 N–H and O–H groups in total. The van der Waals surface area contributed by atoms with E-state index in [2.05, 4.69) is 32.9 Å². The molecule has 0 aliphatic carbocycles. The summed E-state index contributed by atoms with van der Waals surface area (Å²) in [5, 5.41) is 11.9. The van der Waals surface area contributed by atoms with Crippen LogP contribution in [0.25, 0.3) is 0 Å². The van der Waals surface area contributed by atoms with Crippen molar-refractivity contribution in [2.24, 2.45) is 4.99 Å². The van der Waals surface area contributed by atoms with Crippen LogP contribution in [-0.4, -0.2) is 24.0 Å². The molecule has 0 bridgehead atoms. The SMILES string of the molecule is COC(=O)CCCCCC1(C)C(C)=Nc2ccc(SOOO)cc21. The third-order valence-electron chi connectivity index (χ3n) is 4.60. The van der Waals surface area contributed by atoms with Gasteiger partial charge in [0.15, 0.2) is 0 Å². The number of esters is 1. The van der Waals surface area contributed by atoms with Crippen LogP contribution in [-0.2, 0) is 24.3 Å². The van der Waals surface area contributed by atoms with Crippen molar-refractivity contribution in [3.8, 4) is 0 Å². The molecule has 2 rings (SSSR count). The molecular weight excluding hydrogens is 330 g/mol. The Balaban J connectivity index is 1.99. The maximum absolute atomic E-state index is 11.2. The number of hydrogen-bond donors (Lipinski definition) is 1. The minimum absolute atomic E-state index is 0.128. The van der Waals surface area contributed by atoms with Gasteiger partial charge in [-0.2, -0.15) is 0 Å². The lowest BCUT2D eigenvalue weighted by Crippen LogP contribution is -2.27. The summed E-state index contributed by atoms with van der Waals surface area (Å²) in [6.45, 7) is 4.24. The molecule has 1 aromatic rings. The quantitative estimate of drug-likeness (QED) is 0.230. The molecule has 1 atom stereocenters. The number of benzene rings is 1. The Labute approximate surface area is 146 Å². The largest absolute Gasteiger partial charge is 0.469 e. The molecule has 0 fully saturated rings. The van der Waals surface area contributed by atoms with Crippen molar-refractivity contribution < 1.29 is 24.2 Å². The van der Waals surface area contributed by atoms with Crippen molar-refractivity contribution in [1.29, 1.82) is 0 Å². The first kappa shape index (κ1) is 18.9. The van der Waals surface area contributed by atoms with E-state index in [9.17, 15) is 4.79 Å². The minimum atomic E-state index is -0.155. The van der Waals surface area contributed by atoms with Crippen molar-refractivity contribution in [2.75, 3.05) is 7.11 Å². The topological polar surface area (TPSA) is 77.4 Å². The second-order valence-corrected chi connectivity index (χ2v) is 6.85. The van der Waals surface area contributed by atoms with Gasteiger partial charge in [-0.05, 0) is 43.5 Å². The highest BCUT2D eigenvalue weighted by atomic mass is 32.2. The number of rotatable bonds is 9. The first-order valence-corrected chi connectivity index (χ1v) is 8.67. The number of ether oxygens (including phenoxy) is 1. The molecule has 132 valence electrons. The second kappa shape index (κ2) is 8.62. The standard InChI is InChI=1S/C17H23NO5S/c1-12-17(2,10-6-4-5-7-16(19)21-3)14-11-13(24-23-22-20)8-9-15(14)18-12/h8-9,11,20H,4-7,10H2,1-3H3. The van der Waals surface area contributed by atoms with Gasteiger partial charge in [-0.3, -0.25) is 9.79 Å². The molecule has 6 nitrogen and oxygen atoms in total. The lowest BCUT2D eigenvalue weighted by atomic mass is 9.76. The van der Waals surface area contributed by atoms with Crippen LogP contribution < -0.4 is 0 Å². The molecule has 0 spiro atoms. The fourth-order valence-corrected chi connectivity index (χ4v) is 3.40. The Morgan fingerprint density at radius 1 is 1.33 bits per heavy atom. The Hall–Kier alpha value is -1.41.